The number of carbonyl (C=O) groups excluding carboxylic acids is 2. The second-order valence-electron chi connectivity index (χ2n) is 5.69. The first-order valence-electron chi connectivity index (χ1n) is 7.85. The molecule has 0 aliphatic carbocycles. The number of nitrogens with one attached hydrogen (secondary N) is 2. The van der Waals surface area contributed by atoms with Gasteiger partial charge in [0.05, 0.1) is 18.3 Å². The predicted octanol–water partition coefficient (Wildman–Crippen LogP) is 2.31. The van der Waals surface area contributed by atoms with Gasteiger partial charge in [0.25, 0.3) is 11.8 Å². The Labute approximate surface area is 145 Å². The predicted molar refractivity (Wildman–Crippen MR) is 93.9 cm³/mol. The van der Waals surface area contributed by atoms with E-state index < -0.39 is 5.91 Å². The molecule has 0 radical (unpaired) electrons. The first kappa shape index (κ1) is 16.4. The van der Waals surface area contributed by atoms with Crippen LogP contribution in [0.1, 0.15) is 31.8 Å². The molecule has 0 fully saturated rings. The molecule has 0 aliphatic heterocycles. The van der Waals surface area contributed by atoms with E-state index in [-0.39, 0.29) is 5.91 Å². The molecule has 0 saturated carbocycles. The van der Waals surface area contributed by atoms with Crippen LogP contribution in [0.4, 0.5) is 0 Å². The van der Waals surface area contributed by atoms with Gasteiger partial charge in [0.2, 0.25) is 0 Å². The molecule has 0 spiro atoms. The van der Waals surface area contributed by atoms with Gasteiger partial charge in [-0.05, 0) is 24.6 Å². The van der Waals surface area contributed by atoms with Gasteiger partial charge in [-0.25, -0.2) is 0 Å². The third kappa shape index (κ3) is 4.32. The van der Waals surface area contributed by atoms with E-state index in [0.29, 0.717) is 17.7 Å². The van der Waals surface area contributed by atoms with E-state index in [1.54, 1.807) is 23.0 Å². The highest BCUT2D eigenvalue weighted by molar-refractivity contribution is 5.98. The second-order valence-corrected chi connectivity index (χ2v) is 5.69. The average Bonchev–Trinajstić information content (AvgIpc) is 3.09. The second kappa shape index (κ2) is 7.44. The molecule has 0 aliphatic rings. The summed E-state index contributed by atoms with van der Waals surface area (Å²) in [5.74, 6) is -0.787. The lowest BCUT2D eigenvalue weighted by Crippen LogP contribution is -2.41. The Kier molecular flexibility index (Phi) is 4.89. The Bertz CT molecular complexity index is 870. The highest BCUT2D eigenvalue weighted by Crippen LogP contribution is 2.05. The number of benzene rings is 2. The number of carbonyl (C=O) groups is 2. The quantitative estimate of drug-likeness (QED) is 0.719. The molecule has 2 amide bonds. The zero-order valence-electron chi connectivity index (χ0n) is 13.8. The zero-order chi connectivity index (χ0) is 17.6. The van der Waals surface area contributed by atoms with Crippen molar-refractivity contribution in [1.82, 2.24) is 20.6 Å². The van der Waals surface area contributed by atoms with Crippen molar-refractivity contribution in [2.24, 2.45) is 0 Å². The molecular formula is C19H18N4O2. The molecule has 1 aromatic heterocycles. The summed E-state index contributed by atoms with van der Waals surface area (Å²) in [4.78, 5) is 24.1. The molecule has 1 heterocycles. The van der Waals surface area contributed by atoms with E-state index >= 15 is 0 Å². The molecule has 3 rings (SSSR count). The Morgan fingerprint density at radius 1 is 0.920 bits per heavy atom. The van der Waals surface area contributed by atoms with Crippen molar-refractivity contribution in [2.75, 3.05) is 0 Å². The third-order valence-corrected chi connectivity index (χ3v) is 3.69. The normalized spacial score (nSPS) is 10.3. The van der Waals surface area contributed by atoms with Crippen molar-refractivity contribution in [3.63, 3.8) is 0 Å². The van der Waals surface area contributed by atoms with Crippen LogP contribution in [-0.2, 0) is 6.54 Å². The van der Waals surface area contributed by atoms with Gasteiger partial charge in [-0.2, -0.15) is 5.10 Å². The maximum atomic E-state index is 12.1. The minimum Gasteiger partial charge on any atom is -0.268 e. The van der Waals surface area contributed by atoms with E-state index in [1.165, 1.54) is 6.20 Å². The van der Waals surface area contributed by atoms with Crippen molar-refractivity contribution < 1.29 is 9.59 Å². The Balaban J connectivity index is 1.56. The molecule has 0 bridgehead atoms. The van der Waals surface area contributed by atoms with Gasteiger partial charge in [0, 0.05) is 11.8 Å². The van der Waals surface area contributed by atoms with Gasteiger partial charge < -0.3 is 0 Å². The van der Waals surface area contributed by atoms with Crippen molar-refractivity contribution >= 4 is 11.8 Å². The minimum absolute atomic E-state index is 0.370. The molecule has 0 saturated heterocycles. The molecular weight excluding hydrogens is 316 g/mol. The number of aryl methyl sites for hydroxylation is 1. The van der Waals surface area contributed by atoms with Crippen molar-refractivity contribution in [1.29, 1.82) is 0 Å². The molecule has 6 heteroatoms. The number of hydrogen-bond acceptors (Lipinski definition) is 3. The van der Waals surface area contributed by atoms with Crippen LogP contribution >= 0.6 is 0 Å². The summed E-state index contributed by atoms with van der Waals surface area (Å²) in [6.45, 7) is 2.51. The molecule has 6 nitrogen and oxygen atoms in total. The maximum Gasteiger partial charge on any atom is 0.272 e. The smallest absolute Gasteiger partial charge is 0.268 e. The molecule has 126 valence electrons. The Morgan fingerprint density at radius 2 is 1.56 bits per heavy atom. The zero-order valence-corrected chi connectivity index (χ0v) is 13.8. The molecule has 0 atom stereocenters. The van der Waals surface area contributed by atoms with Gasteiger partial charge in [-0.3, -0.25) is 25.1 Å². The molecule has 2 aromatic carbocycles. The van der Waals surface area contributed by atoms with E-state index in [4.69, 9.17) is 0 Å². The highest BCUT2D eigenvalue weighted by atomic mass is 16.2. The summed E-state index contributed by atoms with van der Waals surface area (Å²) in [6, 6.07) is 16.9. The lowest BCUT2D eigenvalue weighted by molar-refractivity contribution is 0.0846. The van der Waals surface area contributed by atoms with E-state index in [0.717, 1.165) is 11.1 Å². The third-order valence-electron chi connectivity index (χ3n) is 3.69. The number of nitrogens with zero attached hydrogens (tertiary/aromatic N) is 2. The first-order valence-corrected chi connectivity index (χ1v) is 7.85. The lowest BCUT2D eigenvalue weighted by atomic mass is 10.1. The van der Waals surface area contributed by atoms with Crippen LogP contribution in [0.15, 0.2) is 67.0 Å². The van der Waals surface area contributed by atoms with Gasteiger partial charge in [0.15, 0.2) is 0 Å². The van der Waals surface area contributed by atoms with E-state index in [9.17, 15) is 9.59 Å². The fourth-order valence-corrected chi connectivity index (χ4v) is 2.30. The summed E-state index contributed by atoms with van der Waals surface area (Å²) < 4.78 is 1.67. The van der Waals surface area contributed by atoms with Crippen molar-refractivity contribution in [3.8, 4) is 0 Å². The topological polar surface area (TPSA) is 76.0 Å². The van der Waals surface area contributed by atoms with Crippen LogP contribution < -0.4 is 10.9 Å². The number of amides is 2. The Hall–Kier alpha value is -3.41. The fourth-order valence-electron chi connectivity index (χ4n) is 2.30. The summed E-state index contributed by atoms with van der Waals surface area (Å²) >= 11 is 0. The van der Waals surface area contributed by atoms with Crippen LogP contribution in [0.25, 0.3) is 0 Å². The van der Waals surface area contributed by atoms with Gasteiger partial charge >= 0.3 is 0 Å². The maximum absolute atomic E-state index is 12.1. The molecule has 0 unspecified atom stereocenters. The van der Waals surface area contributed by atoms with Crippen molar-refractivity contribution in [3.05, 3.63) is 89.2 Å². The highest BCUT2D eigenvalue weighted by Gasteiger charge is 2.11. The first-order chi connectivity index (χ1) is 12.1. The van der Waals surface area contributed by atoms with Gasteiger partial charge in [-0.15, -0.1) is 0 Å². The minimum atomic E-state index is -0.417. The average molecular weight is 334 g/mol. The molecule has 25 heavy (non-hydrogen) atoms. The van der Waals surface area contributed by atoms with E-state index in [2.05, 4.69) is 16.0 Å². The largest absolute Gasteiger partial charge is 0.272 e. The fraction of sp³-hybridized carbons (Fsp3) is 0.105. The number of hydrogen-bond donors (Lipinski definition) is 2. The van der Waals surface area contributed by atoms with Crippen LogP contribution in [0.2, 0.25) is 0 Å². The van der Waals surface area contributed by atoms with E-state index in [1.807, 2.05) is 49.4 Å². The summed E-state index contributed by atoms with van der Waals surface area (Å²) in [7, 11) is 0. The van der Waals surface area contributed by atoms with Crippen LogP contribution in [0, 0.1) is 6.92 Å². The summed E-state index contributed by atoms with van der Waals surface area (Å²) in [6.07, 6.45) is 3.11. The number of hydrazine groups is 1. The van der Waals surface area contributed by atoms with Gasteiger partial charge in [-0.1, -0.05) is 48.0 Å². The van der Waals surface area contributed by atoms with Crippen LogP contribution in [0.5, 0.6) is 0 Å². The van der Waals surface area contributed by atoms with Crippen LogP contribution in [0.3, 0.4) is 0 Å². The SMILES string of the molecule is Cc1ccc(C(=O)NNC(=O)c2cnn(Cc3ccccc3)c2)cc1. The number of rotatable bonds is 4. The lowest BCUT2D eigenvalue weighted by Gasteiger charge is -2.06. The standard InChI is InChI=1S/C19H18N4O2/c1-14-7-9-16(10-8-14)18(24)21-22-19(25)17-11-20-23(13-17)12-15-5-3-2-4-6-15/h2-11,13H,12H2,1H3,(H,21,24)(H,22,25). The summed E-state index contributed by atoms with van der Waals surface area (Å²) in [5, 5.41) is 4.17. The van der Waals surface area contributed by atoms with Crippen LogP contribution in [-0.4, -0.2) is 21.6 Å². The summed E-state index contributed by atoms with van der Waals surface area (Å²) in [5.41, 5.74) is 7.80. The monoisotopic (exact) mass is 334 g/mol. The molecule has 2 N–H and O–H groups in total. The van der Waals surface area contributed by atoms with Crippen molar-refractivity contribution in [2.45, 2.75) is 13.5 Å². The Morgan fingerprint density at radius 3 is 2.24 bits per heavy atom. The van der Waals surface area contributed by atoms with Gasteiger partial charge in [0.1, 0.15) is 0 Å². The number of aromatic nitrogens is 2. The molecule has 3 aromatic rings.